The maximum Gasteiger partial charge on any atom is 0.300 e. The molecule has 1 aromatic carbocycles. The van der Waals surface area contributed by atoms with E-state index in [2.05, 4.69) is 0 Å². The highest BCUT2D eigenvalue weighted by Gasteiger charge is 2.50. The standard InChI is InChI=1S/C14H18O6/c1-17-13(18-2)12(16)14(19-3,20-4)11(15)10-8-6-5-7-9-10/h5-9,13H,1-4H3. The molecule has 0 aliphatic rings. The van der Waals surface area contributed by atoms with E-state index in [4.69, 9.17) is 18.9 Å². The average Bonchev–Trinajstić information content (AvgIpc) is 2.51. The maximum atomic E-state index is 12.5. The van der Waals surface area contributed by atoms with E-state index in [-0.39, 0.29) is 5.56 Å². The largest absolute Gasteiger partial charge is 0.349 e. The molecule has 0 spiro atoms. The van der Waals surface area contributed by atoms with Crippen molar-refractivity contribution in [1.29, 1.82) is 0 Å². The topological polar surface area (TPSA) is 71.1 Å². The quantitative estimate of drug-likeness (QED) is 0.403. The predicted octanol–water partition coefficient (Wildman–Crippen LogP) is 1.05. The minimum atomic E-state index is -2.10. The summed E-state index contributed by atoms with van der Waals surface area (Å²) < 4.78 is 19.9. The Kier molecular flexibility index (Phi) is 5.97. The zero-order valence-electron chi connectivity index (χ0n) is 11.9. The van der Waals surface area contributed by atoms with Crippen molar-refractivity contribution < 1.29 is 28.5 Å². The van der Waals surface area contributed by atoms with Gasteiger partial charge in [-0.25, -0.2) is 0 Å². The van der Waals surface area contributed by atoms with Crippen molar-refractivity contribution in [3.63, 3.8) is 0 Å². The number of carbonyl (C=O) groups excluding carboxylic acids is 2. The second-order valence-corrected chi connectivity index (χ2v) is 3.89. The van der Waals surface area contributed by atoms with Gasteiger partial charge in [0.2, 0.25) is 12.1 Å². The lowest BCUT2D eigenvalue weighted by molar-refractivity contribution is -0.211. The fourth-order valence-electron chi connectivity index (χ4n) is 1.83. The van der Waals surface area contributed by atoms with Gasteiger partial charge in [-0.05, 0) is 0 Å². The second-order valence-electron chi connectivity index (χ2n) is 3.89. The van der Waals surface area contributed by atoms with Gasteiger partial charge in [0.15, 0.2) is 0 Å². The van der Waals surface area contributed by atoms with E-state index in [9.17, 15) is 9.59 Å². The molecular weight excluding hydrogens is 264 g/mol. The van der Waals surface area contributed by atoms with Gasteiger partial charge in [0.25, 0.3) is 11.6 Å². The van der Waals surface area contributed by atoms with Crippen LogP contribution >= 0.6 is 0 Å². The zero-order chi connectivity index (χ0) is 15.2. The van der Waals surface area contributed by atoms with Gasteiger partial charge < -0.3 is 18.9 Å². The van der Waals surface area contributed by atoms with Crippen molar-refractivity contribution in [1.82, 2.24) is 0 Å². The van der Waals surface area contributed by atoms with Gasteiger partial charge in [-0.15, -0.1) is 0 Å². The molecule has 0 bridgehead atoms. The molecule has 0 N–H and O–H groups in total. The summed E-state index contributed by atoms with van der Waals surface area (Å²) in [5.74, 6) is -3.48. The molecule has 20 heavy (non-hydrogen) atoms. The number of rotatable bonds is 8. The van der Waals surface area contributed by atoms with Gasteiger partial charge in [-0.3, -0.25) is 9.59 Å². The molecule has 1 aromatic rings. The maximum absolute atomic E-state index is 12.5. The van der Waals surface area contributed by atoms with Crippen molar-refractivity contribution in [2.45, 2.75) is 12.1 Å². The third-order valence-electron chi connectivity index (χ3n) is 2.88. The van der Waals surface area contributed by atoms with E-state index < -0.39 is 23.6 Å². The lowest BCUT2D eigenvalue weighted by Gasteiger charge is -2.29. The van der Waals surface area contributed by atoms with Crippen LogP contribution < -0.4 is 0 Å². The van der Waals surface area contributed by atoms with Crippen molar-refractivity contribution in [3.8, 4) is 0 Å². The van der Waals surface area contributed by atoms with Crippen LogP contribution in [0.4, 0.5) is 0 Å². The summed E-state index contributed by atoms with van der Waals surface area (Å²) in [6.45, 7) is 0. The van der Waals surface area contributed by atoms with E-state index in [0.717, 1.165) is 0 Å². The Morgan fingerprint density at radius 1 is 0.950 bits per heavy atom. The molecule has 1 rings (SSSR count). The molecule has 0 aliphatic heterocycles. The van der Waals surface area contributed by atoms with Crippen LogP contribution in [0.1, 0.15) is 10.4 Å². The average molecular weight is 282 g/mol. The normalized spacial score (nSPS) is 11.7. The molecule has 6 nitrogen and oxygen atoms in total. The molecule has 0 saturated heterocycles. The van der Waals surface area contributed by atoms with Gasteiger partial charge in [0.1, 0.15) is 0 Å². The van der Waals surface area contributed by atoms with Crippen LogP contribution in [0, 0.1) is 0 Å². The molecule has 0 saturated carbocycles. The molecule has 0 heterocycles. The predicted molar refractivity (Wildman–Crippen MR) is 70.3 cm³/mol. The molecule has 0 unspecified atom stereocenters. The van der Waals surface area contributed by atoms with Crippen LogP contribution in [0.5, 0.6) is 0 Å². The number of carbonyl (C=O) groups is 2. The number of Topliss-reactive ketones (excluding diaryl/α,β-unsaturated/α-hetero) is 2. The van der Waals surface area contributed by atoms with E-state index in [1.165, 1.54) is 28.4 Å². The second kappa shape index (κ2) is 7.25. The monoisotopic (exact) mass is 282 g/mol. The molecular formula is C14H18O6. The molecule has 110 valence electrons. The first-order valence-corrected chi connectivity index (χ1v) is 5.87. The number of benzene rings is 1. The Morgan fingerprint density at radius 2 is 1.45 bits per heavy atom. The van der Waals surface area contributed by atoms with Crippen LogP contribution in [0.15, 0.2) is 30.3 Å². The van der Waals surface area contributed by atoms with E-state index >= 15 is 0 Å². The van der Waals surface area contributed by atoms with Crippen molar-refractivity contribution in [3.05, 3.63) is 35.9 Å². The summed E-state index contributed by atoms with van der Waals surface area (Å²) in [6.07, 6.45) is -1.26. The highest BCUT2D eigenvalue weighted by Crippen LogP contribution is 2.22. The van der Waals surface area contributed by atoms with Crippen LogP contribution in [0.25, 0.3) is 0 Å². The first-order valence-electron chi connectivity index (χ1n) is 5.87. The van der Waals surface area contributed by atoms with E-state index in [0.29, 0.717) is 0 Å². The molecule has 6 heteroatoms. The van der Waals surface area contributed by atoms with Crippen molar-refractivity contribution in [2.75, 3.05) is 28.4 Å². The van der Waals surface area contributed by atoms with E-state index in [1.807, 2.05) is 0 Å². The van der Waals surface area contributed by atoms with Crippen molar-refractivity contribution in [2.24, 2.45) is 0 Å². The molecule has 0 atom stereocenters. The number of hydrogen-bond acceptors (Lipinski definition) is 6. The lowest BCUT2D eigenvalue weighted by atomic mass is 9.98. The molecule has 0 fully saturated rings. The summed E-state index contributed by atoms with van der Waals surface area (Å²) in [5.41, 5.74) is 0.288. The van der Waals surface area contributed by atoms with E-state index in [1.54, 1.807) is 30.3 Å². The number of ketones is 2. The summed E-state index contributed by atoms with van der Waals surface area (Å²) in [7, 11) is 5.00. The summed E-state index contributed by atoms with van der Waals surface area (Å²) >= 11 is 0. The third kappa shape index (κ3) is 2.94. The Balaban J connectivity index is 3.21. The SMILES string of the molecule is COC(OC)C(=O)C(OC)(OC)C(=O)c1ccccc1. The van der Waals surface area contributed by atoms with Crippen LogP contribution in [-0.2, 0) is 23.7 Å². The summed E-state index contributed by atoms with van der Waals surface area (Å²) in [5, 5.41) is 0. The van der Waals surface area contributed by atoms with Crippen LogP contribution in [0.3, 0.4) is 0 Å². The smallest absolute Gasteiger partial charge is 0.300 e. The van der Waals surface area contributed by atoms with Gasteiger partial charge in [0, 0.05) is 34.0 Å². The molecule has 0 amide bonds. The Hall–Kier alpha value is -1.60. The zero-order valence-corrected chi connectivity index (χ0v) is 11.9. The van der Waals surface area contributed by atoms with Crippen molar-refractivity contribution >= 4 is 11.6 Å². The highest BCUT2D eigenvalue weighted by atomic mass is 16.7. The summed E-state index contributed by atoms with van der Waals surface area (Å²) in [4.78, 5) is 24.9. The first-order chi connectivity index (χ1) is 9.57. The highest BCUT2D eigenvalue weighted by molar-refractivity contribution is 6.17. The van der Waals surface area contributed by atoms with Gasteiger partial charge in [-0.1, -0.05) is 30.3 Å². The Bertz CT molecular complexity index is 448. The van der Waals surface area contributed by atoms with Gasteiger partial charge >= 0.3 is 0 Å². The first kappa shape index (κ1) is 16.5. The molecule has 0 aromatic heterocycles. The fourth-order valence-corrected chi connectivity index (χ4v) is 1.83. The number of hydrogen-bond donors (Lipinski definition) is 0. The number of ether oxygens (including phenoxy) is 4. The Morgan fingerprint density at radius 3 is 1.85 bits per heavy atom. The van der Waals surface area contributed by atoms with Gasteiger partial charge in [0.05, 0.1) is 0 Å². The van der Waals surface area contributed by atoms with Gasteiger partial charge in [-0.2, -0.15) is 0 Å². The third-order valence-corrected chi connectivity index (χ3v) is 2.88. The fraction of sp³-hybridized carbons (Fsp3) is 0.429. The molecule has 0 aliphatic carbocycles. The molecule has 0 radical (unpaired) electrons. The summed E-state index contributed by atoms with van der Waals surface area (Å²) in [6, 6.07) is 8.25. The van der Waals surface area contributed by atoms with Crippen LogP contribution in [-0.4, -0.2) is 52.1 Å². The number of methoxy groups -OCH3 is 4. The van der Waals surface area contributed by atoms with Crippen LogP contribution in [0.2, 0.25) is 0 Å². The minimum absolute atomic E-state index is 0.288. The lowest BCUT2D eigenvalue weighted by Crippen LogP contribution is -2.55. The Labute approximate surface area is 117 Å². The minimum Gasteiger partial charge on any atom is -0.349 e.